The third kappa shape index (κ3) is 4.04. The summed E-state index contributed by atoms with van der Waals surface area (Å²) in [5, 5.41) is 10.2. The molecule has 3 aromatic carbocycles. The summed E-state index contributed by atoms with van der Waals surface area (Å²) in [6, 6.07) is 28.1. The molecule has 0 saturated heterocycles. The van der Waals surface area contributed by atoms with Crippen molar-refractivity contribution in [1.29, 1.82) is 0 Å². The number of rotatable bonds is 5. The van der Waals surface area contributed by atoms with Crippen LogP contribution in [0.3, 0.4) is 0 Å². The third-order valence-corrected chi connectivity index (χ3v) is 6.14. The Morgan fingerprint density at radius 3 is 2.43 bits per heavy atom. The normalized spacial score (nSPS) is 18.3. The second-order valence-corrected chi connectivity index (χ2v) is 7.88. The molecule has 2 heteroatoms. The number of benzene rings is 3. The number of hydrogen-bond donors (Lipinski definition) is 1. The number of nitrogens with zero attached hydrogens (tertiary/aromatic N) is 1. The van der Waals surface area contributed by atoms with E-state index in [1.165, 1.54) is 27.8 Å². The smallest absolute Gasteiger partial charge is 0.0628 e. The molecule has 144 valence electrons. The van der Waals surface area contributed by atoms with Crippen LogP contribution in [0, 0.1) is 6.92 Å². The van der Waals surface area contributed by atoms with Gasteiger partial charge in [0, 0.05) is 19.0 Å². The maximum absolute atomic E-state index is 10.2. The molecular weight excluding hydrogens is 342 g/mol. The number of fused-ring (bicyclic) bond motifs is 1. The van der Waals surface area contributed by atoms with Crippen LogP contribution in [0.1, 0.15) is 39.8 Å². The van der Waals surface area contributed by atoms with Gasteiger partial charge in [0.05, 0.1) is 12.6 Å². The van der Waals surface area contributed by atoms with Gasteiger partial charge in [0.1, 0.15) is 0 Å². The lowest BCUT2D eigenvalue weighted by molar-refractivity contribution is 0.120. The summed E-state index contributed by atoms with van der Waals surface area (Å²) in [6.45, 7) is 4.29. The Kier molecular flexibility index (Phi) is 5.90. The first-order valence-corrected chi connectivity index (χ1v) is 10.3. The van der Waals surface area contributed by atoms with Crippen molar-refractivity contribution < 1.29 is 5.11 Å². The Bertz CT molecular complexity index is 905. The van der Waals surface area contributed by atoms with Crippen molar-refractivity contribution in [2.24, 2.45) is 0 Å². The van der Waals surface area contributed by atoms with Crippen LogP contribution < -0.4 is 0 Å². The third-order valence-electron chi connectivity index (χ3n) is 6.14. The standard InChI is InChI=1S/C26H29NO/c1-20-9-5-6-13-23(20)17-24-18-27(16-15-21-10-7-8-14-25(21)24)26(19-28)22-11-3-2-4-12-22/h2-14,24,26,28H,15-19H2,1H3/t24-,26-/m0/s1. The molecule has 0 unspecified atom stereocenters. The van der Waals surface area contributed by atoms with E-state index in [2.05, 4.69) is 84.6 Å². The van der Waals surface area contributed by atoms with Gasteiger partial charge in [0.15, 0.2) is 0 Å². The lowest BCUT2D eigenvalue weighted by Gasteiger charge is -2.32. The van der Waals surface area contributed by atoms with E-state index in [9.17, 15) is 5.11 Å². The quantitative estimate of drug-likeness (QED) is 0.689. The number of aliphatic hydroxyl groups is 1. The highest BCUT2D eigenvalue weighted by Crippen LogP contribution is 2.33. The first-order valence-electron chi connectivity index (χ1n) is 10.3. The molecule has 0 saturated carbocycles. The van der Waals surface area contributed by atoms with Gasteiger partial charge in [-0.05, 0) is 47.6 Å². The molecule has 2 atom stereocenters. The van der Waals surface area contributed by atoms with E-state index in [0.29, 0.717) is 5.92 Å². The largest absolute Gasteiger partial charge is 0.394 e. The van der Waals surface area contributed by atoms with Crippen LogP contribution in [-0.4, -0.2) is 29.7 Å². The van der Waals surface area contributed by atoms with Crippen molar-refractivity contribution in [2.45, 2.75) is 31.7 Å². The van der Waals surface area contributed by atoms with Gasteiger partial charge < -0.3 is 5.11 Å². The van der Waals surface area contributed by atoms with Gasteiger partial charge in [-0.2, -0.15) is 0 Å². The van der Waals surface area contributed by atoms with Gasteiger partial charge in [-0.25, -0.2) is 0 Å². The van der Waals surface area contributed by atoms with E-state index in [-0.39, 0.29) is 12.6 Å². The second-order valence-electron chi connectivity index (χ2n) is 7.88. The first kappa shape index (κ1) is 18.9. The van der Waals surface area contributed by atoms with Gasteiger partial charge in [0.2, 0.25) is 0 Å². The Labute approximate surface area is 168 Å². The van der Waals surface area contributed by atoms with E-state index in [1.54, 1.807) is 0 Å². The molecule has 1 heterocycles. The minimum absolute atomic E-state index is 0.0508. The summed E-state index contributed by atoms with van der Waals surface area (Å²) >= 11 is 0. The maximum atomic E-state index is 10.2. The van der Waals surface area contributed by atoms with Crippen LogP contribution in [0.2, 0.25) is 0 Å². The Balaban J connectivity index is 1.66. The van der Waals surface area contributed by atoms with Crippen LogP contribution in [0.25, 0.3) is 0 Å². The van der Waals surface area contributed by atoms with Crippen molar-refractivity contribution in [3.8, 4) is 0 Å². The molecular formula is C26H29NO. The Morgan fingerprint density at radius 1 is 0.929 bits per heavy atom. The fraction of sp³-hybridized carbons (Fsp3) is 0.308. The van der Waals surface area contributed by atoms with Crippen LogP contribution in [0.5, 0.6) is 0 Å². The molecule has 0 fully saturated rings. The molecule has 0 bridgehead atoms. The molecule has 0 amide bonds. The summed E-state index contributed by atoms with van der Waals surface area (Å²) in [7, 11) is 0. The molecule has 0 aliphatic carbocycles. The van der Waals surface area contributed by atoms with Crippen molar-refractivity contribution in [3.63, 3.8) is 0 Å². The van der Waals surface area contributed by atoms with Gasteiger partial charge in [-0.1, -0.05) is 78.9 Å². The van der Waals surface area contributed by atoms with Gasteiger partial charge in [0.25, 0.3) is 0 Å². The first-order chi connectivity index (χ1) is 13.8. The maximum Gasteiger partial charge on any atom is 0.0628 e. The van der Waals surface area contributed by atoms with Crippen molar-refractivity contribution in [2.75, 3.05) is 19.7 Å². The number of aliphatic hydroxyl groups excluding tert-OH is 1. The van der Waals surface area contributed by atoms with E-state index in [0.717, 1.165) is 25.9 Å². The average Bonchev–Trinajstić information content (AvgIpc) is 2.91. The Morgan fingerprint density at radius 2 is 1.64 bits per heavy atom. The Hall–Kier alpha value is -2.42. The highest BCUT2D eigenvalue weighted by atomic mass is 16.3. The van der Waals surface area contributed by atoms with Gasteiger partial charge >= 0.3 is 0 Å². The summed E-state index contributed by atoms with van der Waals surface area (Å²) in [4.78, 5) is 2.48. The van der Waals surface area contributed by atoms with Gasteiger partial charge in [-0.15, -0.1) is 0 Å². The minimum atomic E-state index is 0.0508. The molecule has 1 aliphatic rings. The lowest BCUT2D eigenvalue weighted by Crippen LogP contribution is -2.35. The van der Waals surface area contributed by atoms with Crippen LogP contribution >= 0.6 is 0 Å². The minimum Gasteiger partial charge on any atom is -0.394 e. The fourth-order valence-corrected chi connectivity index (χ4v) is 4.57. The van der Waals surface area contributed by atoms with E-state index < -0.39 is 0 Å². The SMILES string of the molecule is Cc1ccccc1C[C@H]1CN([C@@H](CO)c2ccccc2)CCc2ccccc21. The van der Waals surface area contributed by atoms with E-state index in [1.807, 2.05) is 6.07 Å². The second kappa shape index (κ2) is 8.72. The van der Waals surface area contributed by atoms with Crippen LogP contribution in [0.4, 0.5) is 0 Å². The van der Waals surface area contributed by atoms with Crippen molar-refractivity contribution in [1.82, 2.24) is 4.90 Å². The molecule has 1 aliphatic heterocycles. The molecule has 3 aromatic rings. The zero-order valence-electron chi connectivity index (χ0n) is 16.6. The molecule has 0 spiro atoms. The average molecular weight is 372 g/mol. The number of aryl methyl sites for hydroxylation is 1. The fourth-order valence-electron chi connectivity index (χ4n) is 4.57. The molecule has 2 nitrogen and oxygen atoms in total. The summed E-state index contributed by atoms with van der Waals surface area (Å²) in [5.41, 5.74) is 6.90. The predicted octanol–water partition coefficient (Wildman–Crippen LogP) is 4.91. The predicted molar refractivity (Wildman–Crippen MR) is 116 cm³/mol. The molecule has 1 N–H and O–H groups in total. The van der Waals surface area contributed by atoms with Crippen LogP contribution in [-0.2, 0) is 12.8 Å². The number of hydrogen-bond acceptors (Lipinski definition) is 2. The zero-order valence-corrected chi connectivity index (χ0v) is 16.6. The molecule has 4 rings (SSSR count). The molecule has 0 aromatic heterocycles. The van der Waals surface area contributed by atoms with E-state index >= 15 is 0 Å². The lowest BCUT2D eigenvalue weighted by atomic mass is 9.87. The summed E-state index contributed by atoms with van der Waals surface area (Å²) < 4.78 is 0. The molecule has 0 radical (unpaired) electrons. The van der Waals surface area contributed by atoms with Crippen molar-refractivity contribution >= 4 is 0 Å². The summed E-state index contributed by atoms with van der Waals surface area (Å²) in [5.74, 6) is 0.428. The van der Waals surface area contributed by atoms with Gasteiger partial charge in [-0.3, -0.25) is 4.90 Å². The van der Waals surface area contributed by atoms with E-state index in [4.69, 9.17) is 0 Å². The zero-order chi connectivity index (χ0) is 19.3. The highest BCUT2D eigenvalue weighted by Gasteiger charge is 2.28. The van der Waals surface area contributed by atoms with Crippen LogP contribution in [0.15, 0.2) is 78.9 Å². The summed E-state index contributed by atoms with van der Waals surface area (Å²) in [6.07, 6.45) is 2.07. The molecule has 28 heavy (non-hydrogen) atoms. The topological polar surface area (TPSA) is 23.5 Å². The highest BCUT2D eigenvalue weighted by molar-refractivity contribution is 5.36. The van der Waals surface area contributed by atoms with Crippen molar-refractivity contribution in [3.05, 3.63) is 107 Å². The monoisotopic (exact) mass is 371 g/mol.